The van der Waals surface area contributed by atoms with Crippen LogP contribution in [0.1, 0.15) is 25.7 Å². The third-order valence-corrected chi connectivity index (χ3v) is 5.35. The monoisotopic (exact) mass is 396 g/mol. The lowest BCUT2D eigenvalue weighted by molar-refractivity contribution is 0.0695. The first-order valence-electron chi connectivity index (χ1n) is 8.06. The number of carbonyl (C=O) groups excluding carboxylic acids is 1. The molecule has 2 heterocycles. The molecule has 2 unspecified atom stereocenters. The smallest absolute Gasteiger partial charge is 0.297 e. The van der Waals surface area contributed by atoms with Gasteiger partial charge in [0.2, 0.25) is 29.1 Å². The zero-order valence-corrected chi connectivity index (χ0v) is 14.9. The van der Waals surface area contributed by atoms with Gasteiger partial charge in [0.25, 0.3) is 5.24 Å². The molecule has 26 heavy (non-hydrogen) atoms. The largest absolute Gasteiger partial charge is 0.484 e. The number of ether oxygens (including phenoxy) is 1. The van der Waals surface area contributed by atoms with Crippen LogP contribution in [0.3, 0.4) is 0 Å². The van der Waals surface area contributed by atoms with Gasteiger partial charge in [-0.2, -0.15) is 8.78 Å². The summed E-state index contributed by atoms with van der Waals surface area (Å²) in [6.07, 6.45) is 1.24. The second kappa shape index (κ2) is 7.22. The Morgan fingerprint density at radius 2 is 1.42 bits per heavy atom. The summed E-state index contributed by atoms with van der Waals surface area (Å²) in [5.41, 5.74) is 0. The fourth-order valence-corrected chi connectivity index (χ4v) is 4.28. The Morgan fingerprint density at radius 3 is 1.88 bits per heavy atom. The van der Waals surface area contributed by atoms with Crippen molar-refractivity contribution in [3.8, 4) is 5.75 Å². The van der Waals surface area contributed by atoms with E-state index in [1.807, 2.05) is 0 Å². The van der Waals surface area contributed by atoms with Gasteiger partial charge in [0, 0.05) is 36.9 Å². The number of amides is 1. The van der Waals surface area contributed by atoms with Crippen molar-refractivity contribution < 1.29 is 31.5 Å². The van der Waals surface area contributed by atoms with Crippen molar-refractivity contribution in [2.45, 2.75) is 43.9 Å². The third-order valence-electron chi connectivity index (χ3n) is 4.62. The Labute approximate surface area is 151 Å². The number of hydrogen-bond donors (Lipinski definition) is 0. The fourth-order valence-electron chi connectivity index (χ4n) is 3.58. The predicted octanol–water partition coefficient (Wildman–Crippen LogP) is 4.09. The second-order valence-corrected chi connectivity index (χ2v) is 7.83. The van der Waals surface area contributed by atoms with E-state index < -0.39 is 40.9 Å². The van der Waals surface area contributed by atoms with E-state index in [1.54, 1.807) is 23.3 Å². The maximum Gasteiger partial charge on any atom is 0.297 e. The maximum atomic E-state index is 13.8. The standard InChI is InChI=1S/C16H17F5N2O2S/c1-22(2)26-16(24)23-7-3-4-8(23)6-9(5-7)25-15-13(20)11(18)10(17)12(19)14(15)21/h7-9H,3-6H2,1-2H3. The molecular weight excluding hydrogens is 379 g/mol. The number of carbonyl (C=O) groups is 1. The van der Waals surface area contributed by atoms with Gasteiger partial charge >= 0.3 is 0 Å². The van der Waals surface area contributed by atoms with Crippen molar-refractivity contribution in [3.63, 3.8) is 0 Å². The molecular formula is C16H17F5N2O2S. The van der Waals surface area contributed by atoms with Crippen LogP contribution in [0.5, 0.6) is 5.75 Å². The molecule has 0 spiro atoms. The van der Waals surface area contributed by atoms with Crippen LogP contribution in [-0.4, -0.2) is 46.7 Å². The molecule has 0 radical (unpaired) electrons. The first-order valence-corrected chi connectivity index (χ1v) is 8.83. The molecule has 10 heteroatoms. The van der Waals surface area contributed by atoms with Gasteiger partial charge in [-0.15, -0.1) is 0 Å². The van der Waals surface area contributed by atoms with Crippen LogP contribution in [0.4, 0.5) is 26.7 Å². The van der Waals surface area contributed by atoms with Gasteiger partial charge in [-0.05, 0) is 26.9 Å². The van der Waals surface area contributed by atoms with Crippen molar-refractivity contribution in [1.29, 1.82) is 0 Å². The predicted molar refractivity (Wildman–Crippen MR) is 85.2 cm³/mol. The molecule has 0 N–H and O–H groups in total. The van der Waals surface area contributed by atoms with Crippen molar-refractivity contribution >= 4 is 17.2 Å². The zero-order chi connectivity index (χ0) is 19.2. The average molecular weight is 396 g/mol. The van der Waals surface area contributed by atoms with E-state index in [0.29, 0.717) is 12.8 Å². The van der Waals surface area contributed by atoms with E-state index in [0.717, 1.165) is 11.9 Å². The van der Waals surface area contributed by atoms with Crippen LogP contribution in [0.25, 0.3) is 0 Å². The lowest BCUT2D eigenvalue weighted by Crippen LogP contribution is -2.48. The molecule has 2 saturated heterocycles. The highest BCUT2D eigenvalue weighted by Crippen LogP contribution is 2.40. The first-order chi connectivity index (χ1) is 12.2. The summed E-state index contributed by atoms with van der Waals surface area (Å²) in [5, 5.41) is -0.128. The normalized spacial score (nSPS) is 25.1. The molecule has 0 aliphatic carbocycles. The van der Waals surface area contributed by atoms with E-state index >= 15 is 0 Å². The Bertz CT molecular complexity index is 690. The van der Waals surface area contributed by atoms with Crippen LogP contribution in [0.15, 0.2) is 0 Å². The average Bonchev–Trinajstić information content (AvgIpc) is 2.86. The van der Waals surface area contributed by atoms with Gasteiger partial charge in [-0.1, -0.05) is 0 Å². The van der Waals surface area contributed by atoms with E-state index in [9.17, 15) is 26.7 Å². The molecule has 0 saturated carbocycles. The Morgan fingerprint density at radius 1 is 0.962 bits per heavy atom. The van der Waals surface area contributed by atoms with Crippen LogP contribution in [0, 0.1) is 29.1 Å². The molecule has 1 aromatic carbocycles. The minimum absolute atomic E-state index is 0.128. The Balaban J connectivity index is 1.76. The summed E-state index contributed by atoms with van der Waals surface area (Å²) < 4.78 is 74.2. The van der Waals surface area contributed by atoms with Gasteiger partial charge in [0.05, 0.1) is 0 Å². The molecule has 3 rings (SSSR count). The third kappa shape index (κ3) is 3.36. The zero-order valence-electron chi connectivity index (χ0n) is 14.1. The number of halogens is 5. The highest BCUT2D eigenvalue weighted by atomic mass is 32.2. The number of nitrogens with zero attached hydrogens (tertiary/aromatic N) is 2. The molecule has 2 fully saturated rings. The van der Waals surface area contributed by atoms with E-state index in [4.69, 9.17) is 4.74 Å². The summed E-state index contributed by atoms with van der Waals surface area (Å²) in [5.74, 6) is -11.5. The molecule has 1 aromatic rings. The van der Waals surface area contributed by atoms with Crippen LogP contribution in [0.2, 0.25) is 0 Å². The van der Waals surface area contributed by atoms with E-state index in [-0.39, 0.29) is 30.2 Å². The molecule has 4 nitrogen and oxygen atoms in total. The highest BCUT2D eigenvalue weighted by Gasteiger charge is 2.45. The number of hydrogen-bond acceptors (Lipinski definition) is 4. The van der Waals surface area contributed by atoms with E-state index in [2.05, 4.69) is 0 Å². The highest BCUT2D eigenvalue weighted by molar-refractivity contribution is 8.11. The van der Waals surface area contributed by atoms with Crippen molar-refractivity contribution in [3.05, 3.63) is 29.1 Å². The van der Waals surface area contributed by atoms with Gasteiger partial charge in [-0.3, -0.25) is 4.79 Å². The molecule has 0 aromatic heterocycles. The molecule has 144 valence electrons. The number of rotatable bonds is 3. The van der Waals surface area contributed by atoms with Gasteiger partial charge in [0.15, 0.2) is 5.75 Å². The maximum absolute atomic E-state index is 13.8. The minimum atomic E-state index is -2.21. The number of benzene rings is 1. The van der Waals surface area contributed by atoms with Gasteiger partial charge < -0.3 is 9.64 Å². The summed E-state index contributed by atoms with van der Waals surface area (Å²) in [6.45, 7) is 0. The Hall–Kier alpha value is -1.55. The molecule has 2 bridgehead atoms. The van der Waals surface area contributed by atoms with Crippen molar-refractivity contribution in [1.82, 2.24) is 9.21 Å². The first kappa shape index (κ1) is 19.2. The van der Waals surface area contributed by atoms with Crippen LogP contribution < -0.4 is 4.74 Å². The quantitative estimate of drug-likeness (QED) is 0.334. The number of fused-ring (bicyclic) bond motifs is 2. The minimum Gasteiger partial charge on any atom is -0.484 e. The summed E-state index contributed by atoms with van der Waals surface area (Å²) >= 11 is 1.04. The van der Waals surface area contributed by atoms with Gasteiger partial charge in [-0.25, -0.2) is 17.5 Å². The molecule has 2 aliphatic heterocycles. The number of piperidine rings is 1. The van der Waals surface area contributed by atoms with E-state index in [1.165, 1.54) is 0 Å². The molecule has 1 amide bonds. The molecule has 2 aliphatic rings. The molecule has 2 atom stereocenters. The topological polar surface area (TPSA) is 32.8 Å². The van der Waals surface area contributed by atoms with Crippen molar-refractivity contribution in [2.24, 2.45) is 0 Å². The second-order valence-electron chi connectivity index (χ2n) is 6.57. The summed E-state index contributed by atoms with van der Waals surface area (Å²) in [7, 11) is 3.48. The fraction of sp³-hybridized carbons (Fsp3) is 0.562. The summed E-state index contributed by atoms with van der Waals surface area (Å²) in [6, 6.07) is -0.361. The van der Waals surface area contributed by atoms with Crippen LogP contribution >= 0.6 is 11.9 Å². The lowest BCUT2D eigenvalue weighted by atomic mass is 10.0. The lowest BCUT2D eigenvalue weighted by Gasteiger charge is -2.38. The summed E-state index contributed by atoms with van der Waals surface area (Å²) in [4.78, 5) is 14.0. The van der Waals surface area contributed by atoms with Gasteiger partial charge in [0.1, 0.15) is 6.10 Å². The van der Waals surface area contributed by atoms with Crippen LogP contribution in [-0.2, 0) is 0 Å². The Kier molecular flexibility index (Phi) is 5.34. The SMILES string of the molecule is CN(C)SC(=O)N1C2CCC1CC(Oc1c(F)c(F)c(F)c(F)c1F)C2. The van der Waals surface area contributed by atoms with Crippen molar-refractivity contribution in [2.75, 3.05) is 14.1 Å².